The van der Waals surface area contributed by atoms with Crippen LogP contribution < -0.4 is 10.1 Å². The van der Waals surface area contributed by atoms with Gasteiger partial charge in [-0.2, -0.15) is 0 Å². The Morgan fingerprint density at radius 2 is 1.90 bits per heavy atom. The first-order chi connectivity index (χ1) is 14.1. The molecule has 0 radical (unpaired) electrons. The number of nitrogens with zero attached hydrogens (tertiary/aromatic N) is 2. The maximum Gasteiger partial charge on any atom is 0.258 e. The molecule has 29 heavy (non-hydrogen) atoms. The van der Waals surface area contributed by atoms with Gasteiger partial charge in [0.05, 0.1) is 16.8 Å². The molecule has 1 aliphatic heterocycles. The van der Waals surface area contributed by atoms with Crippen LogP contribution in [0.15, 0.2) is 53.1 Å². The van der Waals surface area contributed by atoms with Crippen molar-refractivity contribution in [2.75, 3.05) is 5.32 Å². The van der Waals surface area contributed by atoms with Crippen molar-refractivity contribution in [2.24, 2.45) is 0 Å². The maximum absolute atomic E-state index is 13.1. The molecule has 0 unspecified atom stereocenters. The van der Waals surface area contributed by atoms with E-state index >= 15 is 0 Å². The Kier molecular flexibility index (Phi) is 4.27. The van der Waals surface area contributed by atoms with Crippen molar-refractivity contribution >= 4 is 11.6 Å². The molecule has 6 nitrogen and oxygen atoms in total. The summed E-state index contributed by atoms with van der Waals surface area (Å²) >= 11 is 0. The lowest BCUT2D eigenvalue weighted by Gasteiger charge is -2.38. The molecule has 1 aliphatic carbocycles. The summed E-state index contributed by atoms with van der Waals surface area (Å²) in [5.41, 5.74) is 4.51. The SMILES string of the molecule is Cc1noc(C)c1COc1ccc([C@H]2Nc3ccccc3C(=O)N2C2CC2)cc1. The molecule has 1 aromatic heterocycles. The van der Waals surface area contributed by atoms with Gasteiger partial charge < -0.3 is 19.5 Å². The standard InChI is InChI=1S/C23H23N3O3/c1-14-20(15(2)29-25-14)13-28-18-11-7-16(8-12-18)22-24-21-6-4-3-5-19(21)23(27)26(22)17-9-10-17/h3-8,11-12,17,22,24H,9-10,13H2,1-2H3/t22-/m0/s1. The van der Waals surface area contributed by atoms with E-state index in [0.717, 1.165) is 52.4 Å². The third-order valence-corrected chi connectivity index (χ3v) is 5.66. The minimum Gasteiger partial charge on any atom is -0.489 e. The lowest BCUT2D eigenvalue weighted by atomic mass is 10.0. The molecule has 6 heteroatoms. The van der Waals surface area contributed by atoms with Crippen molar-refractivity contribution in [1.82, 2.24) is 10.1 Å². The van der Waals surface area contributed by atoms with Crippen molar-refractivity contribution in [1.29, 1.82) is 0 Å². The molecule has 0 bridgehead atoms. The Balaban J connectivity index is 1.37. The molecule has 1 saturated carbocycles. The van der Waals surface area contributed by atoms with E-state index in [1.165, 1.54) is 0 Å². The predicted molar refractivity (Wildman–Crippen MR) is 109 cm³/mol. The number of carbonyl (C=O) groups excluding carboxylic acids is 1. The summed E-state index contributed by atoms with van der Waals surface area (Å²) in [4.78, 5) is 15.1. The van der Waals surface area contributed by atoms with Crippen LogP contribution in [0.4, 0.5) is 5.69 Å². The van der Waals surface area contributed by atoms with Crippen LogP contribution in [0.2, 0.25) is 0 Å². The van der Waals surface area contributed by atoms with E-state index < -0.39 is 0 Å². The highest BCUT2D eigenvalue weighted by molar-refractivity contribution is 6.02. The number of para-hydroxylation sites is 1. The van der Waals surface area contributed by atoms with Gasteiger partial charge in [-0.25, -0.2) is 0 Å². The minimum absolute atomic E-state index is 0.102. The van der Waals surface area contributed by atoms with Gasteiger partial charge in [-0.3, -0.25) is 4.79 Å². The number of rotatable bonds is 5. The Hall–Kier alpha value is -3.28. The van der Waals surface area contributed by atoms with E-state index in [0.29, 0.717) is 12.6 Å². The molecular weight excluding hydrogens is 366 g/mol. The first kappa shape index (κ1) is 17.8. The molecule has 0 spiro atoms. The molecule has 2 aliphatic rings. The molecule has 5 rings (SSSR count). The number of nitrogens with one attached hydrogen (secondary N) is 1. The van der Waals surface area contributed by atoms with Gasteiger partial charge in [0.25, 0.3) is 5.91 Å². The second-order valence-corrected chi connectivity index (χ2v) is 7.70. The Morgan fingerprint density at radius 3 is 2.59 bits per heavy atom. The summed E-state index contributed by atoms with van der Waals surface area (Å²) in [6.45, 7) is 4.22. The largest absolute Gasteiger partial charge is 0.489 e. The van der Waals surface area contributed by atoms with Gasteiger partial charge in [-0.05, 0) is 56.5 Å². The molecule has 2 heterocycles. The second kappa shape index (κ2) is 6.95. The monoisotopic (exact) mass is 389 g/mol. The molecule has 1 atom stereocenters. The van der Waals surface area contributed by atoms with E-state index in [-0.39, 0.29) is 12.1 Å². The fourth-order valence-corrected chi connectivity index (χ4v) is 3.85. The molecule has 2 aromatic carbocycles. The zero-order chi connectivity index (χ0) is 20.0. The quantitative estimate of drug-likeness (QED) is 0.691. The Bertz CT molecular complexity index is 1030. The number of fused-ring (bicyclic) bond motifs is 1. The third kappa shape index (κ3) is 3.24. The number of anilines is 1. The number of aromatic nitrogens is 1. The lowest BCUT2D eigenvalue weighted by Crippen LogP contribution is -2.44. The molecule has 1 amide bonds. The zero-order valence-electron chi connectivity index (χ0n) is 16.5. The van der Waals surface area contributed by atoms with E-state index in [1.807, 2.05) is 67.3 Å². The van der Waals surface area contributed by atoms with Gasteiger partial charge in [0.2, 0.25) is 0 Å². The van der Waals surface area contributed by atoms with Crippen LogP contribution in [0.5, 0.6) is 5.75 Å². The van der Waals surface area contributed by atoms with Crippen LogP contribution in [0, 0.1) is 13.8 Å². The van der Waals surface area contributed by atoms with Crippen LogP contribution in [0.3, 0.4) is 0 Å². The Labute approximate surface area is 169 Å². The molecular formula is C23H23N3O3. The van der Waals surface area contributed by atoms with E-state index in [2.05, 4.69) is 10.5 Å². The van der Waals surface area contributed by atoms with Gasteiger partial charge in [-0.1, -0.05) is 29.4 Å². The third-order valence-electron chi connectivity index (χ3n) is 5.66. The van der Waals surface area contributed by atoms with Gasteiger partial charge in [0, 0.05) is 11.7 Å². The smallest absolute Gasteiger partial charge is 0.258 e. The highest BCUT2D eigenvalue weighted by Gasteiger charge is 2.41. The number of aryl methyl sites for hydroxylation is 2. The van der Waals surface area contributed by atoms with E-state index in [1.54, 1.807) is 0 Å². The summed E-state index contributed by atoms with van der Waals surface area (Å²) in [5.74, 6) is 1.66. The van der Waals surface area contributed by atoms with Crippen molar-refractivity contribution in [3.63, 3.8) is 0 Å². The van der Waals surface area contributed by atoms with Gasteiger partial charge in [0.1, 0.15) is 24.3 Å². The fraction of sp³-hybridized carbons (Fsp3) is 0.304. The first-order valence-corrected chi connectivity index (χ1v) is 9.94. The number of hydrogen-bond donors (Lipinski definition) is 1. The highest BCUT2D eigenvalue weighted by Crippen LogP contribution is 2.40. The summed E-state index contributed by atoms with van der Waals surface area (Å²) < 4.78 is 11.1. The number of ether oxygens (including phenoxy) is 1. The molecule has 0 saturated heterocycles. The summed E-state index contributed by atoms with van der Waals surface area (Å²) in [6.07, 6.45) is 1.96. The van der Waals surface area contributed by atoms with Crippen LogP contribution in [0.1, 0.15) is 51.9 Å². The fourth-order valence-electron chi connectivity index (χ4n) is 3.85. The van der Waals surface area contributed by atoms with Crippen molar-refractivity contribution in [2.45, 2.75) is 45.5 Å². The van der Waals surface area contributed by atoms with Crippen molar-refractivity contribution in [3.05, 3.63) is 76.7 Å². The van der Waals surface area contributed by atoms with Gasteiger partial charge in [-0.15, -0.1) is 0 Å². The van der Waals surface area contributed by atoms with Crippen LogP contribution in [0.25, 0.3) is 0 Å². The van der Waals surface area contributed by atoms with Crippen molar-refractivity contribution < 1.29 is 14.1 Å². The zero-order valence-corrected chi connectivity index (χ0v) is 16.5. The van der Waals surface area contributed by atoms with Gasteiger partial charge >= 0.3 is 0 Å². The summed E-state index contributed by atoms with van der Waals surface area (Å²) in [6, 6.07) is 16.0. The molecule has 1 N–H and O–H groups in total. The molecule has 148 valence electrons. The van der Waals surface area contributed by atoms with Gasteiger partial charge in [0.15, 0.2) is 0 Å². The van der Waals surface area contributed by atoms with Crippen LogP contribution in [-0.2, 0) is 6.61 Å². The second-order valence-electron chi connectivity index (χ2n) is 7.70. The lowest BCUT2D eigenvalue weighted by molar-refractivity contribution is 0.0666. The summed E-state index contributed by atoms with van der Waals surface area (Å²) in [5, 5.41) is 7.51. The Morgan fingerprint density at radius 1 is 1.14 bits per heavy atom. The maximum atomic E-state index is 13.1. The number of hydrogen-bond acceptors (Lipinski definition) is 5. The van der Waals surface area contributed by atoms with E-state index in [4.69, 9.17) is 9.26 Å². The van der Waals surface area contributed by atoms with Crippen LogP contribution >= 0.6 is 0 Å². The topological polar surface area (TPSA) is 67.6 Å². The van der Waals surface area contributed by atoms with E-state index in [9.17, 15) is 4.79 Å². The molecule has 3 aromatic rings. The van der Waals surface area contributed by atoms with Crippen LogP contribution in [-0.4, -0.2) is 22.0 Å². The normalized spacial score (nSPS) is 18.3. The first-order valence-electron chi connectivity index (χ1n) is 9.94. The molecule has 1 fully saturated rings. The van der Waals surface area contributed by atoms with Crippen molar-refractivity contribution in [3.8, 4) is 5.75 Å². The number of carbonyl (C=O) groups is 1. The minimum atomic E-state index is -0.165. The number of benzene rings is 2. The predicted octanol–water partition coefficient (Wildman–Crippen LogP) is 4.60. The summed E-state index contributed by atoms with van der Waals surface area (Å²) in [7, 11) is 0. The number of amides is 1. The average molecular weight is 389 g/mol. The average Bonchev–Trinajstić information content (AvgIpc) is 3.52. The highest BCUT2D eigenvalue weighted by atomic mass is 16.5.